The number of nitrogens with zero attached hydrogens (tertiary/aromatic N) is 2. The van der Waals surface area contributed by atoms with Crippen molar-refractivity contribution in [2.75, 3.05) is 0 Å². The Morgan fingerprint density at radius 3 is 2.82 bits per heavy atom. The second-order valence-electron chi connectivity index (χ2n) is 9.27. The zero-order valence-electron chi connectivity index (χ0n) is 16.5. The Balaban J connectivity index is 1.48. The Hall–Kier alpha value is -1.88. The number of hydrogen-bond acceptors (Lipinski definition) is 3. The molecule has 1 aliphatic carbocycles. The van der Waals surface area contributed by atoms with Gasteiger partial charge in [-0.05, 0) is 80.5 Å². The highest BCUT2D eigenvalue weighted by Crippen LogP contribution is 2.46. The third-order valence-electron chi connectivity index (χ3n) is 6.22. The number of likely N-dealkylation sites (tertiary alicyclic amines) is 1. The molecule has 2 fully saturated rings. The summed E-state index contributed by atoms with van der Waals surface area (Å²) in [6.45, 7) is 5.80. The van der Waals surface area contributed by atoms with Crippen LogP contribution in [0.1, 0.15) is 45.6 Å². The highest BCUT2D eigenvalue weighted by molar-refractivity contribution is 9.10. The zero-order valence-corrected chi connectivity index (χ0v) is 18.1. The van der Waals surface area contributed by atoms with Crippen LogP contribution in [0.2, 0.25) is 0 Å². The predicted molar refractivity (Wildman–Crippen MR) is 115 cm³/mol. The molecule has 0 radical (unpaired) electrons. The van der Waals surface area contributed by atoms with E-state index in [1.54, 1.807) is 0 Å². The van der Waals surface area contributed by atoms with Gasteiger partial charge in [0, 0.05) is 22.6 Å². The molecule has 2 aliphatic heterocycles. The number of fused-ring (bicyclic) bond motifs is 5. The average molecular weight is 441 g/mol. The zero-order chi connectivity index (χ0) is 19.6. The van der Waals surface area contributed by atoms with Crippen LogP contribution in [0.5, 0.6) is 0 Å². The van der Waals surface area contributed by atoms with Gasteiger partial charge in [-0.25, -0.2) is 4.79 Å². The van der Waals surface area contributed by atoms with Crippen LogP contribution in [-0.4, -0.2) is 34.4 Å². The molecule has 0 aromatic heterocycles. The maximum absolute atomic E-state index is 13.0. The molecule has 2 heterocycles. The van der Waals surface area contributed by atoms with E-state index in [0.717, 1.165) is 35.1 Å². The molecular weight excluding hydrogens is 416 g/mol. The van der Waals surface area contributed by atoms with Crippen molar-refractivity contribution < 1.29 is 9.53 Å². The van der Waals surface area contributed by atoms with Crippen molar-refractivity contribution in [3.05, 3.63) is 40.4 Å². The molecular formula is C23H25BrN2O2. The molecule has 0 N–H and O–H groups in total. The molecule has 4 nitrogen and oxygen atoms in total. The largest absolute Gasteiger partial charge is 0.444 e. The number of halogens is 1. The standard InChI is InChI=1S/C23H25BrN2O2/c1-23(2,3)28-22(27)26-16-7-4-14(11-16)21(26)20-12-18-17-8-6-15(24)10-13(17)5-9-19(18)25-20/h5-6,8-10,14,16,21H,4,7,11-12H2,1-3H3/t14-,16+,21+/m1/s1. The van der Waals surface area contributed by atoms with Gasteiger partial charge in [-0.1, -0.05) is 28.1 Å². The molecule has 0 unspecified atom stereocenters. The van der Waals surface area contributed by atoms with Crippen molar-refractivity contribution in [1.82, 2.24) is 4.90 Å². The van der Waals surface area contributed by atoms with E-state index < -0.39 is 5.60 Å². The molecule has 0 spiro atoms. The molecule has 2 bridgehead atoms. The van der Waals surface area contributed by atoms with E-state index in [1.165, 1.54) is 22.8 Å². The number of rotatable bonds is 1. The van der Waals surface area contributed by atoms with Crippen LogP contribution in [0.25, 0.3) is 10.8 Å². The maximum atomic E-state index is 13.0. The van der Waals surface area contributed by atoms with Gasteiger partial charge in [0.15, 0.2) is 0 Å². The molecule has 5 rings (SSSR count). The smallest absolute Gasteiger partial charge is 0.411 e. The molecule has 3 atom stereocenters. The van der Waals surface area contributed by atoms with Crippen molar-refractivity contribution in [2.24, 2.45) is 10.9 Å². The van der Waals surface area contributed by atoms with Gasteiger partial charge in [-0.2, -0.15) is 0 Å². The molecule has 28 heavy (non-hydrogen) atoms. The molecule has 146 valence electrons. The first-order valence-electron chi connectivity index (χ1n) is 10.1. The number of aliphatic imine (C=N–C) groups is 1. The van der Waals surface area contributed by atoms with Crippen LogP contribution in [0.15, 0.2) is 39.8 Å². The summed E-state index contributed by atoms with van der Waals surface area (Å²) in [5, 5.41) is 2.48. The number of ether oxygens (including phenoxy) is 1. The van der Waals surface area contributed by atoms with Crippen molar-refractivity contribution in [1.29, 1.82) is 0 Å². The lowest BCUT2D eigenvalue weighted by Gasteiger charge is -2.36. The van der Waals surface area contributed by atoms with Crippen molar-refractivity contribution >= 4 is 44.2 Å². The Labute approximate surface area is 174 Å². The Morgan fingerprint density at radius 2 is 2.04 bits per heavy atom. The average Bonchev–Trinajstić information content (AvgIpc) is 3.32. The number of hydrogen-bond donors (Lipinski definition) is 0. The minimum Gasteiger partial charge on any atom is -0.444 e. The molecule has 2 aromatic rings. The minimum atomic E-state index is -0.479. The number of benzene rings is 2. The highest BCUT2D eigenvalue weighted by atomic mass is 79.9. The Kier molecular flexibility index (Phi) is 4.10. The maximum Gasteiger partial charge on any atom is 0.411 e. The third kappa shape index (κ3) is 2.95. The molecule has 1 saturated carbocycles. The molecule has 2 aromatic carbocycles. The van der Waals surface area contributed by atoms with Gasteiger partial charge >= 0.3 is 6.09 Å². The Morgan fingerprint density at radius 1 is 1.21 bits per heavy atom. The van der Waals surface area contributed by atoms with Crippen molar-refractivity contribution in [2.45, 2.75) is 64.1 Å². The first kappa shape index (κ1) is 18.2. The SMILES string of the molecule is CC(C)(C)OC(=O)N1[C@H]2CC[C@H](C2)[C@H]1C1=Nc2ccc3cc(Br)ccc3c2C1. The quantitative estimate of drug-likeness (QED) is 0.543. The fourth-order valence-electron chi connectivity index (χ4n) is 5.19. The van der Waals surface area contributed by atoms with Crippen LogP contribution in [0, 0.1) is 5.92 Å². The van der Waals surface area contributed by atoms with Gasteiger partial charge in [0.05, 0.1) is 11.7 Å². The number of carbonyl (C=O) groups is 1. The molecule has 1 saturated heterocycles. The summed E-state index contributed by atoms with van der Waals surface area (Å²) in [6, 6.07) is 11.0. The van der Waals surface area contributed by atoms with Crippen LogP contribution in [0.4, 0.5) is 10.5 Å². The second kappa shape index (κ2) is 6.31. The molecule has 3 aliphatic rings. The lowest BCUT2D eigenvalue weighted by atomic mass is 9.91. The lowest BCUT2D eigenvalue weighted by molar-refractivity contribution is 0.0142. The second-order valence-corrected chi connectivity index (χ2v) is 10.2. The topological polar surface area (TPSA) is 41.9 Å². The summed E-state index contributed by atoms with van der Waals surface area (Å²) < 4.78 is 6.84. The third-order valence-corrected chi connectivity index (χ3v) is 6.71. The van der Waals surface area contributed by atoms with E-state index in [2.05, 4.69) is 46.3 Å². The summed E-state index contributed by atoms with van der Waals surface area (Å²) >= 11 is 3.56. The number of piperidine rings is 1. The Bertz CT molecular complexity index is 1010. The van der Waals surface area contributed by atoms with E-state index in [-0.39, 0.29) is 12.1 Å². The van der Waals surface area contributed by atoms with E-state index in [4.69, 9.17) is 9.73 Å². The fourth-order valence-corrected chi connectivity index (χ4v) is 5.56. The lowest BCUT2D eigenvalue weighted by Crippen LogP contribution is -2.50. The van der Waals surface area contributed by atoms with Crippen LogP contribution >= 0.6 is 15.9 Å². The van der Waals surface area contributed by atoms with Gasteiger partial charge in [0.2, 0.25) is 0 Å². The number of amides is 1. The first-order chi connectivity index (χ1) is 13.3. The van der Waals surface area contributed by atoms with Gasteiger partial charge in [-0.3, -0.25) is 9.89 Å². The van der Waals surface area contributed by atoms with Gasteiger partial charge in [-0.15, -0.1) is 0 Å². The van der Waals surface area contributed by atoms with Crippen LogP contribution in [0.3, 0.4) is 0 Å². The summed E-state index contributed by atoms with van der Waals surface area (Å²) in [4.78, 5) is 20.0. The van der Waals surface area contributed by atoms with E-state index >= 15 is 0 Å². The van der Waals surface area contributed by atoms with Gasteiger partial charge in [0.1, 0.15) is 5.60 Å². The highest BCUT2D eigenvalue weighted by Gasteiger charge is 2.51. The minimum absolute atomic E-state index is 0.0755. The number of carbonyl (C=O) groups excluding carboxylic acids is 1. The normalized spacial score (nSPS) is 25.9. The van der Waals surface area contributed by atoms with E-state index in [1.807, 2.05) is 25.7 Å². The molecule has 1 amide bonds. The summed E-state index contributed by atoms with van der Waals surface area (Å²) in [7, 11) is 0. The fraction of sp³-hybridized carbons (Fsp3) is 0.478. The van der Waals surface area contributed by atoms with E-state index in [9.17, 15) is 4.79 Å². The van der Waals surface area contributed by atoms with Crippen LogP contribution in [-0.2, 0) is 11.2 Å². The summed E-state index contributed by atoms with van der Waals surface area (Å²) in [5.41, 5.74) is 2.99. The van der Waals surface area contributed by atoms with Crippen molar-refractivity contribution in [3.63, 3.8) is 0 Å². The van der Waals surface area contributed by atoms with E-state index in [0.29, 0.717) is 12.0 Å². The van der Waals surface area contributed by atoms with Crippen molar-refractivity contribution in [3.8, 4) is 0 Å². The predicted octanol–water partition coefficient (Wildman–Crippen LogP) is 6.02. The van der Waals surface area contributed by atoms with Gasteiger partial charge < -0.3 is 4.74 Å². The van der Waals surface area contributed by atoms with Gasteiger partial charge in [0.25, 0.3) is 0 Å². The first-order valence-corrected chi connectivity index (χ1v) is 10.9. The summed E-state index contributed by atoms with van der Waals surface area (Å²) in [5.74, 6) is 0.506. The molecule has 5 heteroatoms. The summed E-state index contributed by atoms with van der Waals surface area (Å²) in [6.07, 6.45) is 3.97. The van der Waals surface area contributed by atoms with Crippen LogP contribution < -0.4 is 0 Å². The monoisotopic (exact) mass is 440 g/mol.